The molecule has 1 saturated heterocycles. The first-order valence-electron chi connectivity index (χ1n) is 13.0. The van der Waals surface area contributed by atoms with Crippen molar-refractivity contribution >= 4 is 52.5 Å². The third-order valence-electron chi connectivity index (χ3n) is 7.17. The summed E-state index contributed by atoms with van der Waals surface area (Å²) in [5.41, 5.74) is 1.30. The molecule has 0 atom stereocenters. The average Bonchev–Trinajstić information content (AvgIpc) is 3.23. The number of nitrogens with zero attached hydrogens (tertiary/aromatic N) is 5. The summed E-state index contributed by atoms with van der Waals surface area (Å²) >= 11 is 13.5. The van der Waals surface area contributed by atoms with Crippen LogP contribution in [-0.4, -0.2) is 44.7 Å². The molecule has 0 bridgehead atoms. The number of halogens is 1. The lowest BCUT2D eigenvalue weighted by molar-refractivity contribution is 0.435. The summed E-state index contributed by atoms with van der Waals surface area (Å²) in [6.45, 7) is 2.73. The molecule has 2 aromatic heterocycles. The largest absolute Gasteiger partial charge is 0.361 e. The Morgan fingerprint density at radius 1 is 0.973 bits per heavy atom. The molecule has 2 N–H and O–H groups in total. The zero-order valence-corrected chi connectivity index (χ0v) is 23.2. The highest BCUT2D eigenvalue weighted by molar-refractivity contribution is 7.99. The lowest BCUT2D eigenvalue weighted by atomic mass is 9.79. The van der Waals surface area contributed by atoms with E-state index in [0.717, 1.165) is 48.3 Å². The van der Waals surface area contributed by atoms with E-state index in [-0.39, 0.29) is 5.41 Å². The monoisotopic (exact) mass is 553 g/mol. The van der Waals surface area contributed by atoms with Crippen molar-refractivity contribution in [1.82, 2.24) is 25.3 Å². The maximum atomic E-state index is 6.33. The summed E-state index contributed by atoms with van der Waals surface area (Å²) in [7, 11) is 0. The van der Waals surface area contributed by atoms with Crippen LogP contribution in [0.5, 0.6) is 0 Å². The second-order valence-corrected chi connectivity index (χ2v) is 11.6. The molecule has 1 aliphatic heterocycles. The molecule has 194 valence electrons. The number of aromatic nitrogens is 4. The van der Waals surface area contributed by atoms with Crippen molar-refractivity contribution in [2.45, 2.75) is 67.0 Å². The second-order valence-electron chi connectivity index (χ2n) is 9.73. The summed E-state index contributed by atoms with van der Waals surface area (Å²) in [5.74, 6) is 1.40. The van der Waals surface area contributed by atoms with Gasteiger partial charge in [-0.05, 0) is 73.4 Å². The van der Waals surface area contributed by atoms with Crippen molar-refractivity contribution in [3.63, 3.8) is 0 Å². The Bertz CT molecular complexity index is 1200. The van der Waals surface area contributed by atoms with Gasteiger partial charge in [0.1, 0.15) is 10.8 Å². The molecule has 1 aromatic carbocycles. The SMILES string of the molecule is S=C(NCC1(c2cccc(Cl)c2)CCCC1)Nc1nc(Sc2ncccn2)cc(N2CCCCCC2)n1. The van der Waals surface area contributed by atoms with Gasteiger partial charge in [0.25, 0.3) is 0 Å². The van der Waals surface area contributed by atoms with Crippen LogP contribution < -0.4 is 15.5 Å². The molecule has 0 radical (unpaired) electrons. The van der Waals surface area contributed by atoms with Gasteiger partial charge >= 0.3 is 0 Å². The van der Waals surface area contributed by atoms with Crippen molar-refractivity contribution in [3.8, 4) is 0 Å². The van der Waals surface area contributed by atoms with E-state index in [9.17, 15) is 0 Å². The Morgan fingerprint density at radius 2 is 1.73 bits per heavy atom. The lowest BCUT2D eigenvalue weighted by Crippen LogP contribution is -2.41. The van der Waals surface area contributed by atoms with Crippen LogP contribution in [0.3, 0.4) is 0 Å². The number of hydrogen-bond acceptors (Lipinski definition) is 7. The van der Waals surface area contributed by atoms with Crippen molar-refractivity contribution < 1.29 is 0 Å². The van der Waals surface area contributed by atoms with Crippen LogP contribution in [0.4, 0.5) is 11.8 Å². The molecule has 37 heavy (non-hydrogen) atoms. The third-order valence-corrected chi connectivity index (χ3v) is 8.46. The Hall–Kier alpha value is -2.49. The maximum absolute atomic E-state index is 6.33. The van der Waals surface area contributed by atoms with Crippen LogP contribution in [0.25, 0.3) is 0 Å². The van der Waals surface area contributed by atoms with Crippen LogP contribution in [0.1, 0.15) is 56.9 Å². The fourth-order valence-electron chi connectivity index (χ4n) is 5.25. The summed E-state index contributed by atoms with van der Waals surface area (Å²) in [5, 5.41) is 9.46. The van der Waals surface area contributed by atoms with Crippen molar-refractivity contribution in [3.05, 3.63) is 59.4 Å². The highest BCUT2D eigenvalue weighted by Gasteiger charge is 2.35. The fourth-order valence-corrected chi connectivity index (χ4v) is 6.31. The standard InChI is InChI=1S/C27H32ClN7S2/c28-21-10-7-9-20(17-21)27(11-3-4-12-27)19-31-25(36)34-24-32-22(35-15-5-1-2-6-16-35)18-23(33-24)37-26-29-13-8-14-30-26/h7-10,13-14,17-18H,1-6,11-12,15-16,19H2,(H2,31,32,33,34,36). The van der Waals surface area contributed by atoms with Gasteiger partial charge in [0, 0.05) is 48.5 Å². The van der Waals surface area contributed by atoms with E-state index in [2.05, 4.69) is 37.6 Å². The summed E-state index contributed by atoms with van der Waals surface area (Å²) in [6.07, 6.45) is 13.0. The Balaban J connectivity index is 1.32. The first-order chi connectivity index (χ1) is 18.1. The molecule has 0 unspecified atom stereocenters. The molecule has 3 heterocycles. The molecular formula is C27H32ClN7S2. The van der Waals surface area contributed by atoms with Crippen molar-refractivity contribution in [2.24, 2.45) is 0 Å². The average molecular weight is 554 g/mol. The summed E-state index contributed by atoms with van der Waals surface area (Å²) in [4.78, 5) is 20.6. The summed E-state index contributed by atoms with van der Waals surface area (Å²) in [6, 6.07) is 12.1. The number of benzene rings is 1. The number of thiocarbonyl (C=S) groups is 1. The quantitative estimate of drug-likeness (QED) is 0.200. The predicted molar refractivity (Wildman–Crippen MR) is 155 cm³/mol. The smallest absolute Gasteiger partial charge is 0.232 e. The fraction of sp³-hybridized carbons (Fsp3) is 0.444. The minimum absolute atomic E-state index is 0.0249. The molecule has 2 fully saturated rings. The van der Waals surface area contributed by atoms with E-state index < -0.39 is 0 Å². The second kappa shape index (κ2) is 12.4. The molecular weight excluding hydrogens is 522 g/mol. The van der Waals surface area contributed by atoms with Crippen molar-refractivity contribution in [1.29, 1.82) is 0 Å². The highest BCUT2D eigenvalue weighted by Crippen LogP contribution is 2.41. The van der Waals surface area contributed by atoms with E-state index in [1.165, 1.54) is 55.9 Å². The number of hydrogen-bond donors (Lipinski definition) is 2. The number of rotatable bonds is 7. The molecule has 3 aromatic rings. The maximum Gasteiger partial charge on any atom is 0.232 e. The topological polar surface area (TPSA) is 78.9 Å². The van der Waals surface area contributed by atoms with Gasteiger partial charge < -0.3 is 15.5 Å². The van der Waals surface area contributed by atoms with Crippen LogP contribution in [0.2, 0.25) is 5.02 Å². The minimum Gasteiger partial charge on any atom is -0.361 e. The molecule has 5 rings (SSSR count). The van der Waals surface area contributed by atoms with Crippen LogP contribution >= 0.6 is 35.6 Å². The van der Waals surface area contributed by atoms with E-state index in [0.29, 0.717) is 16.2 Å². The van der Waals surface area contributed by atoms with E-state index >= 15 is 0 Å². The van der Waals surface area contributed by atoms with Gasteiger partial charge in [0.15, 0.2) is 10.3 Å². The molecule has 10 heteroatoms. The molecule has 7 nitrogen and oxygen atoms in total. The Morgan fingerprint density at radius 3 is 2.46 bits per heavy atom. The van der Waals surface area contributed by atoms with Gasteiger partial charge in [0.2, 0.25) is 5.95 Å². The summed E-state index contributed by atoms with van der Waals surface area (Å²) < 4.78 is 0. The van der Waals surface area contributed by atoms with Crippen LogP contribution in [0, 0.1) is 0 Å². The van der Waals surface area contributed by atoms with E-state index in [1.54, 1.807) is 12.4 Å². The van der Waals surface area contributed by atoms with E-state index in [1.807, 2.05) is 24.3 Å². The van der Waals surface area contributed by atoms with Crippen LogP contribution in [0.15, 0.2) is 59.0 Å². The van der Waals surface area contributed by atoms with Crippen molar-refractivity contribution in [2.75, 3.05) is 29.9 Å². The first-order valence-corrected chi connectivity index (χ1v) is 14.6. The van der Waals surface area contributed by atoms with Gasteiger partial charge in [-0.15, -0.1) is 0 Å². The number of anilines is 2. The van der Waals surface area contributed by atoms with Crippen LogP contribution in [-0.2, 0) is 5.41 Å². The Labute approximate surface area is 233 Å². The molecule has 0 spiro atoms. The first kappa shape index (κ1) is 26.1. The highest BCUT2D eigenvalue weighted by atomic mass is 35.5. The molecule has 2 aliphatic rings. The third kappa shape index (κ3) is 6.89. The molecule has 1 aliphatic carbocycles. The molecule has 0 amide bonds. The van der Waals surface area contributed by atoms with Gasteiger partial charge in [-0.1, -0.05) is 49.4 Å². The van der Waals surface area contributed by atoms with Gasteiger partial charge in [-0.3, -0.25) is 0 Å². The van der Waals surface area contributed by atoms with Gasteiger partial charge in [0.05, 0.1) is 0 Å². The minimum atomic E-state index is 0.0249. The number of nitrogens with one attached hydrogen (secondary N) is 2. The zero-order chi connectivity index (χ0) is 25.5. The normalized spacial score (nSPS) is 17.3. The Kier molecular flexibility index (Phi) is 8.74. The zero-order valence-electron chi connectivity index (χ0n) is 20.8. The van der Waals surface area contributed by atoms with E-state index in [4.69, 9.17) is 33.8 Å². The van der Waals surface area contributed by atoms with Gasteiger partial charge in [-0.2, -0.15) is 4.98 Å². The lowest BCUT2D eigenvalue weighted by Gasteiger charge is -2.30. The predicted octanol–water partition coefficient (Wildman–Crippen LogP) is 6.25. The molecule has 1 saturated carbocycles. The van der Waals surface area contributed by atoms with Gasteiger partial charge in [-0.25, -0.2) is 15.0 Å².